The van der Waals surface area contributed by atoms with Gasteiger partial charge in [-0.05, 0) is 30.2 Å². The van der Waals surface area contributed by atoms with Gasteiger partial charge in [0.25, 0.3) is 0 Å². The molecule has 0 amide bonds. The Morgan fingerprint density at radius 1 is 1.17 bits per heavy atom. The van der Waals surface area contributed by atoms with E-state index in [-0.39, 0.29) is 0 Å². The highest BCUT2D eigenvalue weighted by molar-refractivity contribution is 5.45. The molecule has 2 rings (SSSR count). The molecule has 2 N–H and O–H groups in total. The van der Waals surface area contributed by atoms with E-state index in [1.54, 1.807) is 0 Å². The van der Waals surface area contributed by atoms with Crippen LogP contribution in [0.5, 0.6) is 0 Å². The van der Waals surface area contributed by atoms with Crippen LogP contribution < -0.4 is 10.6 Å². The van der Waals surface area contributed by atoms with Crippen LogP contribution in [0.4, 0.5) is 5.69 Å². The quantitative estimate of drug-likeness (QED) is 0.894. The van der Waals surface area contributed by atoms with Gasteiger partial charge >= 0.3 is 0 Å². The van der Waals surface area contributed by atoms with E-state index in [1.165, 1.54) is 11.1 Å². The third kappa shape index (κ3) is 2.87. The monoisotopic (exact) mass is 241 g/mol. The van der Waals surface area contributed by atoms with Crippen molar-refractivity contribution in [2.75, 3.05) is 11.9 Å². The number of benzene rings is 1. The van der Waals surface area contributed by atoms with E-state index < -0.39 is 0 Å². The number of hydrogen-bond acceptors (Lipinski definition) is 3. The lowest BCUT2D eigenvalue weighted by molar-refractivity contribution is 0.901. The highest BCUT2D eigenvalue weighted by Gasteiger charge is 2.04. The standard InChI is InChI=1S/C15H19N3/c1-12-5-3-4-6-13(12)11-18(2)15-8-7-14(9-16)17-10-15/h3-8,10H,9,11,16H2,1-2H3. The van der Waals surface area contributed by atoms with Gasteiger partial charge in [-0.25, -0.2) is 0 Å². The average Bonchev–Trinajstić information content (AvgIpc) is 2.41. The maximum Gasteiger partial charge on any atom is 0.0553 e. The number of aryl methyl sites for hydroxylation is 1. The first-order chi connectivity index (χ1) is 8.70. The molecule has 1 aromatic carbocycles. The first-order valence-electron chi connectivity index (χ1n) is 6.11. The maximum absolute atomic E-state index is 5.54. The Morgan fingerprint density at radius 3 is 2.56 bits per heavy atom. The fraction of sp³-hybridized carbons (Fsp3) is 0.267. The molecule has 0 unspecified atom stereocenters. The van der Waals surface area contributed by atoms with Crippen LogP contribution in [-0.4, -0.2) is 12.0 Å². The number of aromatic nitrogens is 1. The van der Waals surface area contributed by atoms with Crippen LogP contribution in [-0.2, 0) is 13.1 Å². The molecule has 0 fully saturated rings. The molecule has 0 saturated carbocycles. The normalized spacial score (nSPS) is 10.4. The van der Waals surface area contributed by atoms with Crippen molar-refractivity contribution in [1.29, 1.82) is 0 Å². The second kappa shape index (κ2) is 5.65. The predicted molar refractivity (Wildman–Crippen MR) is 75.4 cm³/mol. The van der Waals surface area contributed by atoms with Crippen LogP contribution in [0.1, 0.15) is 16.8 Å². The Bertz CT molecular complexity index is 505. The van der Waals surface area contributed by atoms with Gasteiger partial charge in [0.2, 0.25) is 0 Å². The molecular weight excluding hydrogens is 222 g/mol. The zero-order valence-electron chi connectivity index (χ0n) is 10.9. The molecule has 0 radical (unpaired) electrons. The van der Waals surface area contributed by atoms with Crippen molar-refractivity contribution in [2.45, 2.75) is 20.0 Å². The summed E-state index contributed by atoms with van der Waals surface area (Å²) in [7, 11) is 2.07. The Hall–Kier alpha value is -1.87. The Balaban J connectivity index is 2.11. The summed E-state index contributed by atoms with van der Waals surface area (Å²) in [6.45, 7) is 3.51. The number of nitrogens with two attached hydrogens (primary N) is 1. The van der Waals surface area contributed by atoms with Crippen molar-refractivity contribution in [1.82, 2.24) is 4.98 Å². The number of anilines is 1. The number of nitrogens with zero attached hydrogens (tertiary/aromatic N) is 2. The van der Waals surface area contributed by atoms with E-state index in [2.05, 4.69) is 54.2 Å². The molecule has 3 nitrogen and oxygen atoms in total. The molecule has 94 valence electrons. The number of pyridine rings is 1. The van der Waals surface area contributed by atoms with E-state index >= 15 is 0 Å². The van der Waals surface area contributed by atoms with Crippen LogP contribution in [0.2, 0.25) is 0 Å². The zero-order valence-corrected chi connectivity index (χ0v) is 10.9. The summed E-state index contributed by atoms with van der Waals surface area (Å²) in [5.41, 5.74) is 10.2. The van der Waals surface area contributed by atoms with Crippen molar-refractivity contribution < 1.29 is 0 Å². The molecule has 0 saturated heterocycles. The molecule has 0 atom stereocenters. The summed E-state index contributed by atoms with van der Waals surface area (Å²) in [4.78, 5) is 6.51. The second-order valence-corrected chi connectivity index (χ2v) is 4.49. The van der Waals surface area contributed by atoms with Gasteiger partial charge in [-0.1, -0.05) is 24.3 Å². The molecule has 3 heteroatoms. The minimum atomic E-state index is 0.488. The van der Waals surface area contributed by atoms with Crippen molar-refractivity contribution in [3.63, 3.8) is 0 Å². The fourth-order valence-electron chi connectivity index (χ4n) is 1.90. The summed E-state index contributed by atoms with van der Waals surface area (Å²) in [5.74, 6) is 0. The molecule has 1 aromatic heterocycles. The SMILES string of the molecule is Cc1ccccc1CN(C)c1ccc(CN)nc1. The van der Waals surface area contributed by atoms with Crippen LogP contribution in [0.25, 0.3) is 0 Å². The molecule has 18 heavy (non-hydrogen) atoms. The lowest BCUT2D eigenvalue weighted by Gasteiger charge is -2.20. The van der Waals surface area contributed by atoms with Crippen molar-refractivity contribution in [3.05, 3.63) is 59.4 Å². The highest BCUT2D eigenvalue weighted by atomic mass is 15.1. The second-order valence-electron chi connectivity index (χ2n) is 4.49. The Kier molecular flexibility index (Phi) is 3.95. The van der Waals surface area contributed by atoms with Crippen LogP contribution in [0.3, 0.4) is 0 Å². The average molecular weight is 241 g/mol. The summed E-state index contributed by atoms with van der Waals surface area (Å²) in [5, 5.41) is 0. The van der Waals surface area contributed by atoms with Gasteiger partial charge in [0, 0.05) is 20.1 Å². The molecule has 0 aliphatic carbocycles. The summed E-state index contributed by atoms with van der Waals surface area (Å²) >= 11 is 0. The van der Waals surface area contributed by atoms with Crippen molar-refractivity contribution >= 4 is 5.69 Å². The van der Waals surface area contributed by atoms with Crippen LogP contribution >= 0.6 is 0 Å². The molecule has 0 aliphatic rings. The zero-order chi connectivity index (χ0) is 13.0. The lowest BCUT2D eigenvalue weighted by atomic mass is 10.1. The third-order valence-corrected chi connectivity index (χ3v) is 3.13. The van der Waals surface area contributed by atoms with Crippen molar-refractivity contribution in [2.24, 2.45) is 5.73 Å². The first kappa shape index (κ1) is 12.6. The molecule has 0 spiro atoms. The molecule has 0 bridgehead atoms. The van der Waals surface area contributed by atoms with E-state index in [9.17, 15) is 0 Å². The molecular formula is C15H19N3. The summed E-state index contributed by atoms with van der Waals surface area (Å²) in [6, 6.07) is 12.5. The van der Waals surface area contributed by atoms with Gasteiger partial charge < -0.3 is 10.6 Å². The smallest absolute Gasteiger partial charge is 0.0553 e. The Labute approximate surface area is 108 Å². The largest absolute Gasteiger partial charge is 0.369 e. The van der Waals surface area contributed by atoms with Gasteiger partial charge in [-0.2, -0.15) is 0 Å². The van der Waals surface area contributed by atoms with Gasteiger partial charge in [-0.15, -0.1) is 0 Å². The summed E-state index contributed by atoms with van der Waals surface area (Å²) < 4.78 is 0. The minimum absolute atomic E-state index is 0.488. The van der Waals surface area contributed by atoms with Gasteiger partial charge in [0.05, 0.1) is 17.6 Å². The fourth-order valence-corrected chi connectivity index (χ4v) is 1.90. The maximum atomic E-state index is 5.54. The molecule has 1 heterocycles. The summed E-state index contributed by atoms with van der Waals surface area (Å²) in [6.07, 6.45) is 1.88. The first-order valence-corrected chi connectivity index (χ1v) is 6.11. The van der Waals surface area contributed by atoms with Gasteiger partial charge in [0.15, 0.2) is 0 Å². The van der Waals surface area contributed by atoms with E-state index in [4.69, 9.17) is 5.73 Å². The predicted octanol–water partition coefficient (Wildman–Crippen LogP) is 2.49. The van der Waals surface area contributed by atoms with E-state index in [0.29, 0.717) is 6.54 Å². The molecule has 0 aliphatic heterocycles. The molecule has 2 aromatic rings. The third-order valence-electron chi connectivity index (χ3n) is 3.13. The highest BCUT2D eigenvalue weighted by Crippen LogP contribution is 2.16. The van der Waals surface area contributed by atoms with Gasteiger partial charge in [-0.3, -0.25) is 4.98 Å². The van der Waals surface area contributed by atoms with Crippen molar-refractivity contribution in [3.8, 4) is 0 Å². The number of hydrogen-bond donors (Lipinski definition) is 1. The van der Waals surface area contributed by atoms with E-state index in [0.717, 1.165) is 17.9 Å². The van der Waals surface area contributed by atoms with E-state index in [1.807, 2.05) is 12.3 Å². The number of rotatable bonds is 4. The Morgan fingerprint density at radius 2 is 1.94 bits per heavy atom. The van der Waals surface area contributed by atoms with Crippen LogP contribution in [0, 0.1) is 6.92 Å². The minimum Gasteiger partial charge on any atom is -0.369 e. The topological polar surface area (TPSA) is 42.1 Å². The van der Waals surface area contributed by atoms with Gasteiger partial charge in [0.1, 0.15) is 0 Å². The lowest BCUT2D eigenvalue weighted by Crippen LogP contribution is -2.17. The van der Waals surface area contributed by atoms with Crippen LogP contribution in [0.15, 0.2) is 42.6 Å².